The summed E-state index contributed by atoms with van der Waals surface area (Å²) in [6, 6.07) is 10.4. The van der Waals surface area contributed by atoms with E-state index in [1.807, 2.05) is 26.0 Å². The third kappa shape index (κ3) is 3.24. The van der Waals surface area contributed by atoms with Crippen molar-refractivity contribution in [3.8, 4) is 0 Å². The summed E-state index contributed by atoms with van der Waals surface area (Å²) in [6.45, 7) is 4.03. The minimum Gasteiger partial charge on any atom is -0.383 e. The van der Waals surface area contributed by atoms with Crippen LogP contribution in [0.25, 0.3) is 21.9 Å². The number of rotatable bonds is 5. The third-order valence-corrected chi connectivity index (χ3v) is 8.76. The molecule has 186 valence electrons. The number of aromatic nitrogens is 4. The molecular weight excluding hydrogens is 476 g/mol. The summed E-state index contributed by atoms with van der Waals surface area (Å²) in [6.07, 6.45) is 7.93. The van der Waals surface area contributed by atoms with Crippen LogP contribution in [0.3, 0.4) is 0 Å². The van der Waals surface area contributed by atoms with Crippen molar-refractivity contribution in [2.24, 2.45) is 11.3 Å². The van der Waals surface area contributed by atoms with Crippen molar-refractivity contribution in [1.29, 1.82) is 0 Å². The molecule has 0 spiro atoms. The zero-order valence-corrected chi connectivity index (χ0v) is 21.1. The van der Waals surface area contributed by atoms with Gasteiger partial charge in [0.2, 0.25) is 0 Å². The number of benzene rings is 1. The van der Waals surface area contributed by atoms with Gasteiger partial charge in [-0.1, -0.05) is 23.7 Å². The fourth-order valence-corrected chi connectivity index (χ4v) is 7.00. The smallest absolute Gasteiger partial charge is 0.163 e. The van der Waals surface area contributed by atoms with Crippen molar-refractivity contribution in [3.63, 3.8) is 0 Å². The van der Waals surface area contributed by atoms with Gasteiger partial charge in [-0.2, -0.15) is 0 Å². The van der Waals surface area contributed by atoms with Gasteiger partial charge in [0.15, 0.2) is 5.79 Å². The molecule has 0 unspecified atom stereocenters. The molecule has 0 radical (unpaired) electrons. The molecule has 4 N–H and O–H groups in total. The van der Waals surface area contributed by atoms with E-state index >= 15 is 0 Å². The molecule has 36 heavy (non-hydrogen) atoms. The number of nitrogen functional groups attached to an aromatic ring is 2. The maximum Gasteiger partial charge on any atom is 0.163 e. The standard InChI is InChI=1S/C27H29ClN6O2/c1-26(2)35-21-20(34-9-7-16-23(29)31-13-32-25(16)34)17-12-27(17,22(21)36-26)8-3-4-14-5-6-15-11-18(28)24(30)33-19(15)10-14/h5-7,9-11,13,17,20-22H,3-4,8,12H2,1-2H3,(H2,30,33)(H2,29,31,32)/t17-,20-,21+,22+,27+/m1/s1. The Morgan fingerprint density at radius 1 is 1.11 bits per heavy atom. The Morgan fingerprint density at radius 3 is 2.83 bits per heavy atom. The highest BCUT2D eigenvalue weighted by Crippen LogP contribution is 2.73. The molecule has 3 fully saturated rings. The average Bonchev–Trinajstić information content (AvgIpc) is 3.09. The van der Waals surface area contributed by atoms with Crippen molar-refractivity contribution in [3.05, 3.63) is 53.4 Å². The van der Waals surface area contributed by atoms with Crippen molar-refractivity contribution in [1.82, 2.24) is 19.5 Å². The van der Waals surface area contributed by atoms with Gasteiger partial charge in [0.1, 0.15) is 29.7 Å². The van der Waals surface area contributed by atoms with Crippen molar-refractivity contribution >= 4 is 45.2 Å². The summed E-state index contributed by atoms with van der Waals surface area (Å²) in [4.78, 5) is 13.2. The molecular formula is C27H29ClN6O2. The van der Waals surface area contributed by atoms with Crippen LogP contribution in [-0.2, 0) is 15.9 Å². The fourth-order valence-electron chi connectivity index (χ4n) is 6.84. The topological polar surface area (TPSA) is 114 Å². The molecule has 0 bridgehead atoms. The molecule has 8 nitrogen and oxygen atoms in total. The zero-order valence-electron chi connectivity index (χ0n) is 20.3. The third-order valence-electron chi connectivity index (χ3n) is 8.45. The normalized spacial score (nSPS) is 30.1. The molecule has 1 aromatic carbocycles. The van der Waals surface area contributed by atoms with Crippen LogP contribution < -0.4 is 11.5 Å². The Kier molecular flexibility index (Phi) is 4.66. The zero-order chi connectivity index (χ0) is 24.8. The minimum atomic E-state index is -0.601. The second kappa shape index (κ2) is 7.54. The van der Waals surface area contributed by atoms with Crippen LogP contribution in [0.4, 0.5) is 11.6 Å². The number of ether oxygens (including phenoxy) is 2. The fraction of sp³-hybridized carbons (Fsp3) is 0.444. The van der Waals surface area contributed by atoms with Gasteiger partial charge < -0.3 is 25.5 Å². The number of anilines is 2. The summed E-state index contributed by atoms with van der Waals surface area (Å²) in [7, 11) is 0. The maximum atomic E-state index is 6.55. The van der Waals surface area contributed by atoms with E-state index < -0.39 is 5.79 Å². The molecule has 2 saturated carbocycles. The lowest BCUT2D eigenvalue weighted by atomic mass is 9.91. The summed E-state index contributed by atoms with van der Waals surface area (Å²) in [5.74, 6) is 0.759. The Morgan fingerprint density at radius 2 is 1.97 bits per heavy atom. The Hall–Kier alpha value is -2.94. The van der Waals surface area contributed by atoms with Crippen LogP contribution >= 0.6 is 11.6 Å². The van der Waals surface area contributed by atoms with E-state index in [1.165, 1.54) is 11.9 Å². The predicted molar refractivity (Wildman–Crippen MR) is 139 cm³/mol. The van der Waals surface area contributed by atoms with Crippen molar-refractivity contribution in [2.45, 2.75) is 63.6 Å². The number of halogens is 1. The highest BCUT2D eigenvalue weighted by Gasteiger charge is 2.75. The van der Waals surface area contributed by atoms with Crippen molar-refractivity contribution < 1.29 is 9.47 Å². The quantitative estimate of drug-likeness (QED) is 0.397. The first kappa shape index (κ1) is 22.3. The number of nitrogens with two attached hydrogens (primary N) is 2. The summed E-state index contributed by atoms with van der Waals surface area (Å²) < 4.78 is 15.3. The van der Waals surface area contributed by atoms with Crippen LogP contribution in [0.15, 0.2) is 42.9 Å². The molecule has 1 aliphatic heterocycles. The number of fused-ring (bicyclic) bond motifs is 5. The highest BCUT2D eigenvalue weighted by molar-refractivity contribution is 6.33. The van der Waals surface area contributed by atoms with Crippen LogP contribution in [0, 0.1) is 11.3 Å². The van der Waals surface area contributed by atoms with Gasteiger partial charge in [-0.3, -0.25) is 0 Å². The maximum absolute atomic E-state index is 6.55. The van der Waals surface area contributed by atoms with Gasteiger partial charge >= 0.3 is 0 Å². The van der Waals surface area contributed by atoms with Gasteiger partial charge in [-0.25, -0.2) is 15.0 Å². The van der Waals surface area contributed by atoms with E-state index in [0.29, 0.717) is 22.6 Å². The van der Waals surface area contributed by atoms with E-state index in [2.05, 4.69) is 43.9 Å². The second-order valence-corrected chi connectivity index (χ2v) is 11.4. The summed E-state index contributed by atoms with van der Waals surface area (Å²) in [5, 5.41) is 2.38. The Bertz CT molecular complexity index is 1520. The molecule has 3 aliphatic rings. The van der Waals surface area contributed by atoms with Crippen molar-refractivity contribution in [2.75, 3.05) is 11.5 Å². The number of hydrogen-bond acceptors (Lipinski definition) is 7. The van der Waals surface area contributed by atoms with Gasteiger partial charge in [0.05, 0.1) is 28.1 Å². The lowest BCUT2D eigenvalue weighted by molar-refractivity contribution is -0.161. The number of pyridine rings is 1. The number of nitrogens with zero attached hydrogens (tertiary/aromatic N) is 4. The first-order valence-corrected chi connectivity index (χ1v) is 12.9. The number of aryl methyl sites for hydroxylation is 1. The first-order valence-electron chi connectivity index (χ1n) is 12.5. The van der Waals surface area contributed by atoms with Gasteiger partial charge in [0, 0.05) is 17.0 Å². The van der Waals surface area contributed by atoms with E-state index in [9.17, 15) is 0 Å². The summed E-state index contributed by atoms with van der Waals surface area (Å²) in [5.41, 5.74) is 15.2. The van der Waals surface area contributed by atoms with E-state index in [0.717, 1.165) is 47.6 Å². The van der Waals surface area contributed by atoms with E-state index in [1.54, 1.807) is 0 Å². The lowest BCUT2D eigenvalue weighted by Gasteiger charge is -2.24. The van der Waals surface area contributed by atoms with E-state index in [-0.39, 0.29) is 23.7 Å². The molecule has 2 aliphatic carbocycles. The Labute approximate surface area is 214 Å². The second-order valence-electron chi connectivity index (χ2n) is 11.0. The van der Waals surface area contributed by atoms with Crippen LogP contribution in [0.2, 0.25) is 5.02 Å². The van der Waals surface area contributed by atoms with E-state index in [4.69, 9.17) is 32.5 Å². The molecule has 7 rings (SSSR count). The molecule has 0 amide bonds. The molecule has 5 atom stereocenters. The first-order chi connectivity index (χ1) is 17.3. The van der Waals surface area contributed by atoms with Gasteiger partial charge in [0.25, 0.3) is 0 Å². The van der Waals surface area contributed by atoms with Crippen LogP contribution in [0.1, 0.15) is 44.7 Å². The predicted octanol–water partition coefficient (Wildman–Crippen LogP) is 4.90. The summed E-state index contributed by atoms with van der Waals surface area (Å²) >= 11 is 6.13. The monoisotopic (exact) mass is 504 g/mol. The minimum absolute atomic E-state index is 0.0110. The SMILES string of the molecule is CC1(C)O[C@H]2[C@H](n3ccc4c(N)ncnc43)[C@H]3C[C@]3(CCCc3ccc4cc(Cl)c(N)nc4c3)[C@H]2O1. The molecule has 3 aromatic heterocycles. The largest absolute Gasteiger partial charge is 0.383 e. The van der Waals surface area contributed by atoms with Crippen LogP contribution in [-0.4, -0.2) is 37.5 Å². The average molecular weight is 505 g/mol. The van der Waals surface area contributed by atoms with Crippen LogP contribution in [0.5, 0.6) is 0 Å². The molecule has 1 saturated heterocycles. The van der Waals surface area contributed by atoms with Gasteiger partial charge in [-0.05, 0) is 69.2 Å². The highest BCUT2D eigenvalue weighted by atomic mass is 35.5. The Balaban J connectivity index is 1.14. The van der Waals surface area contributed by atoms with Gasteiger partial charge in [-0.15, -0.1) is 0 Å². The molecule has 9 heteroatoms. The molecule has 4 heterocycles. The lowest BCUT2D eigenvalue weighted by Crippen LogP contribution is -2.31. The number of hydrogen-bond donors (Lipinski definition) is 2. The molecule has 4 aromatic rings.